The number of nitrogens with zero attached hydrogens (tertiary/aromatic N) is 6. The zero-order valence-corrected chi connectivity index (χ0v) is 18.6. The van der Waals surface area contributed by atoms with Crippen molar-refractivity contribution in [1.29, 1.82) is 0 Å². The molecule has 0 saturated carbocycles. The number of alkyl halides is 6. The lowest BCUT2D eigenvalue weighted by molar-refractivity contribution is -0.143. The minimum absolute atomic E-state index is 0.0114. The number of benzene rings is 1. The van der Waals surface area contributed by atoms with Crippen LogP contribution in [0.2, 0.25) is 5.15 Å². The number of aromatic amines is 1. The van der Waals surface area contributed by atoms with E-state index in [0.29, 0.717) is 17.3 Å². The van der Waals surface area contributed by atoms with Crippen LogP contribution in [0.15, 0.2) is 63.2 Å². The fourth-order valence-corrected chi connectivity index (χ4v) is 4.25. The number of hydrogen-bond acceptors (Lipinski definition) is 8. The second-order valence-electron chi connectivity index (χ2n) is 6.31. The van der Waals surface area contributed by atoms with Crippen molar-refractivity contribution in [2.24, 2.45) is 0 Å². The van der Waals surface area contributed by atoms with Crippen LogP contribution in [0.4, 0.5) is 26.3 Å². The summed E-state index contributed by atoms with van der Waals surface area (Å²) in [4.78, 5) is 20.4. The predicted molar refractivity (Wildman–Crippen MR) is 109 cm³/mol. The topological polar surface area (TPSA) is 93.1 Å². The summed E-state index contributed by atoms with van der Waals surface area (Å²) in [6, 6.07) is 4.17. The van der Waals surface area contributed by atoms with Crippen molar-refractivity contribution in [1.82, 2.24) is 35.1 Å². The molecule has 0 amide bonds. The van der Waals surface area contributed by atoms with Crippen molar-refractivity contribution in [2.45, 2.75) is 32.8 Å². The molecule has 3 aromatic heterocycles. The summed E-state index contributed by atoms with van der Waals surface area (Å²) < 4.78 is 78.7. The Balaban J connectivity index is 1.61. The van der Waals surface area contributed by atoms with Gasteiger partial charge in [0.1, 0.15) is 10.2 Å². The largest absolute Gasteiger partial charge is 0.416 e. The van der Waals surface area contributed by atoms with Gasteiger partial charge in [-0.1, -0.05) is 11.6 Å². The fourth-order valence-electron chi connectivity index (χ4n) is 2.50. The molecule has 34 heavy (non-hydrogen) atoms. The average molecular weight is 536 g/mol. The molecule has 0 aliphatic rings. The van der Waals surface area contributed by atoms with Crippen molar-refractivity contribution in [3.8, 4) is 11.4 Å². The molecular formula is C18H8ClF6N7S2. The van der Waals surface area contributed by atoms with Gasteiger partial charge in [-0.15, -0.1) is 5.10 Å². The maximum atomic E-state index is 13.1. The second kappa shape index (κ2) is 9.38. The van der Waals surface area contributed by atoms with E-state index in [2.05, 4.69) is 35.1 Å². The SMILES string of the molecule is FC(F)(F)c1cc(-c2nc(Sc3cc(Cl)nc(Sc4ncccn4)n3)n[nH]2)cc(C(F)(F)F)c1. The van der Waals surface area contributed by atoms with Crippen molar-refractivity contribution < 1.29 is 26.3 Å². The molecule has 176 valence electrons. The van der Waals surface area contributed by atoms with Crippen LogP contribution in [0.5, 0.6) is 0 Å². The number of nitrogens with one attached hydrogen (secondary N) is 1. The van der Waals surface area contributed by atoms with Gasteiger partial charge in [0.05, 0.1) is 11.1 Å². The van der Waals surface area contributed by atoms with Crippen LogP contribution in [-0.4, -0.2) is 35.1 Å². The Morgan fingerprint density at radius 1 is 0.735 bits per heavy atom. The Bertz CT molecular complexity index is 1280. The lowest BCUT2D eigenvalue weighted by Crippen LogP contribution is -2.11. The van der Waals surface area contributed by atoms with Gasteiger partial charge in [-0.2, -0.15) is 26.3 Å². The highest BCUT2D eigenvalue weighted by atomic mass is 35.5. The van der Waals surface area contributed by atoms with Crippen molar-refractivity contribution >= 4 is 35.1 Å². The molecule has 0 aliphatic carbocycles. The summed E-state index contributed by atoms with van der Waals surface area (Å²) in [7, 11) is 0. The molecule has 0 aliphatic heterocycles. The van der Waals surface area contributed by atoms with Crippen LogP contribution in [0.1, 0.15) is 11.1 Å². The Labute approximate surface area is 199 Å². The van der Waals surface area contributed by atoms with Crippen molar-refractivity contribution in [2.75, 3.05) is 0 Å². The van der Waals surface area contributed by atoms with E-state index in [0.717, 1.165) is 23.5 Å². The Morgan fingerprint density at radius 3 is 2.00 bits per heavy atom. The average Bonchev–Trinajstić information content (AvgIpc) is 3.21. The second-order valence-corrected chi connectivity index (χ2v) is 8.62. The van der Waals surface area contributed by atoms with Crippen LogP contribution in [-0.2, 0) is 12.4 Å². The highest BCUT2D eigenvalue weighted by Gasteiger charge is 2.37. The smallest absolute Gasteiger partial charge is 0.258 e. The molecule has 0 fully saturated rings. The first-order valence-corrected chi connectivity index (χ1v) is 10.9. The van der Waals surface area contributed by atoms with E-state index in [9.17, 15) is 26.3 Å². The minimum atomic E-state index is -4.98. The number of rotatable bonds is 5. The molecule has 4 rings (SSSR count). The summed E-state index contributed by atoms with van der Waals surface area (Å²) >= 11 is 7.93. The first-order valence-electron chi connectivity index (χ1n) is 8.87. The highest BCUT2D eigenvalue weighted by molar-refractivity contribution is 7.99. The third-order valence-electron chi connectivity index (χ3n) is 3.90. The van der Waals surface area contributed by atoms with Crippen molar-refractivity contribution in [3.05, 3.63) is 59.0 Å². The third-order valence-corrected chi connectivity index (χ3v) is 5.63. The van der Waals surface area contributed by atoms with Gasteiger partial charge in [0.25, 0.3) is 0 Å². The monoisotopic (exact) mass is 535 g/mol. The van der Waals surface area contributed by atoms with Crippen LogP contribution >= 0.6 is 35.1 Å². The Kier molecular flexibility index (Phi) is 6.69. The standard InChI is InChI=1S/C18H8ClF6N7S2/c19-11-7-12(29-15(28-11)34-14-26-2-1-3-27-14)33-16-30-13(31-32-16)8-4-9(17(20,21)22)6-10(5-8)18(23,24)25/h1-7H,(H,30,31,32). The molecule has 0 radical (unpaired) electrons. The third kappa shape index (κ3) is 5.95. The molecule has 0 bridgehead atoms. The molecule has 1 aromatic carbocycles. The molecule has 0 atom stereocenters. The fraction of sp³-hybridized carbons (Fsp3) is 0.111. The maximum Gasteiger partial charge on any atom is 0.416 e. The summed E-state index contributed by atoms with van der Waals surface area (Å²) in [6.07, 6.45) is -6.91. The van der Waals surface area contributed by atoms with Gasteiger partial charge in [0, 0.05) is 24.0 Å². The number of hydrogen-bond donors (Lipinski definition) is 1. The van der Waals surface area contributed by atoms with Gasteiger partial charge < -0.3 is 0 Å². The molecule has 7 nitrogen and oxygen atoms in total. The quantitative estimate of drug-likeness (QED) is 0.188. The zero-order valence-electron chi connectivity index (χ0n) is 16.2. The predicted octanol–water partition coefficient (Wildman–Crippen LogP) is 6.05. The summed E-state index contributed by atoms with van der Waals surface area (Å²) in [6.45, 7) is 0. The normalized spacial score (nSPS) is 12.2. The molecule has 1 N–H and O–H groups in total. The first-order chi connectivity index (χ1) is 16.0. The van der Waals surface area contributed by atoms with Gasteiger partial charge in [-0.3, -0.25) is 5.10 Å². The molecule has 0 spiro atoms. The first kappa shape index (κ1) is 24.2. The van der Waals surface area contributed by atoms with E-state index < -0.39 is 29.0 Å². The molecular weight excluding hydrogens is 528 g/mol. The lowest BCUT2D eigenvalue weighted by Gasteiger charge is -2.13. The van der Waals surface area contributed by atoms with E-state index in [1.54, 1.807) is 6.07 Å². The van der Waals surface area contributed by atoms with Crippen LogP contribution in [0.25, 0.3) is 11.4 Å². The van der Waals surface area contributed by atoms with Crippen LogP contribution in [0.3, 0.4) is 0 Å². The van der Waals surface area contributed by atoms with Gasteiger partial charge in [0.2, 0.25) is 5.16 Å². The molecule has 3 heterocycles. The van der Waals surface area contributed by atoms with E-state index in [1.165, 1.54) is 18.5 Å². The summed E-state index contributed by atoms with van der Waals surface area (Å²) in [5.41, 5.74) is -3.36. The van der Waals surface area contributed by atoms with Crippen LogP contribution < -0.4 is 0 Å². The van der Waals surface area contributed by atoms with E-state index in [4.69, 9.17) is 11.6 Å². The molecule has 4 aromatic rings. The van der Waals surface area contributed by atoms with Gasteiger partial charge >= 0.3 is 12.4 Å². The zero-order chi connectivity index (χ0) is 24.5. The van der Waals surface area contributed by atoms with E-state index in [1.807, 2.05) is 0 Å². The summed E-state index contributed by atoms with van der Waals surface area (Å²) in [5, 5.41) is 7.13. The van der Waals surface area contributed by atoms with E-state index >= 15 is 0 Å². The van der Waals surface area contributed by atoms with E-state index in [-0.39, 0.29) is 32.4 Å². The molecule has 0 saturated heterocycles. The van der Waals surface area contributed by atoms with Crippen molar-refractivity contribution in [3.63, 3.8) is 0 Å². The van der Waals surface area contributed by atoms with Crippen LogP contribution in [0, 0.1) is 0 Å². The highest BCUT2D eigenvalue weighted by Crippen LogP contribution is 2.38. The van der Waals surface area contributed by atoms with Gasteiger partial charge in [0.15, 0.2) is 16.1 Å². The number of aromatic nitrogens is 7. The Morgan fingerprint density at radius 2 is 1.38 bits per heavy atom. The molecule has 16 heteroatoms. The Hall–Kier alpha value is -2.91. The maximum absolute atomic E-state index is 13.1. The number of H-pyrrole nitrogens is 1. The lowest BCUT2D eigenvalue weighted by atomic mass is 10.0. The molecule has 0 unspecified atom stereocenters. The van der Waals surface area contributed by atoms with Gasteiger partial charge in [-0.05, 0) is 47.8 Å². The minimum Gasteiger partial charge on any atom is -0.258 e. The summed E-state index contributed by atoms with van der Waals surface area (Å²) in [5.74, 6) is -0.286. The van der Waals surface area contributed by atoms with Gasteiger partial charge in [-0.25, -0.2) is 24.9 Å². The number of halogens is 7.